The van der Waals surface area contributed by atoms with Gasteiger partial charge in [-0.2, -0.15) is 0 Å². The summed E-state index contributed by atoms with van der Waals surface area (Å²) in [6.45, 7) is 2.32. The Labute approximate surface area is 184 Å². The van der Waals surface area contributed by atoms with E-state index in [1.807, 2.05) is 60.7 Å². The van der Waals surface area contributed by atoms with Crippen LogP contribution in [-0.4, -0.2) is 43.4 Å². The summed E-state index contributed by atoms with van der Waals surface area (Å²) in [6.07, 6.45) is 0.851. The molecule has 31 heavy (non-hydrogen) atoms. The fraction of sp³-hybridized carbons (Fsp3) is 0.231. The summed E-state index contributed by atoms with van der Waals surface area (Å²) in [5.41, 5.74) is 3.96. The van der Waals surface area contributed by atoms with Gasteiger partial charge < -0.3 is 15.5 Å². The summed E-state index contributed by atoms with van der Waals surface area (Å²) in [5, 5.41) is 5.54. The predicted molar refractivity (Wildman–Crippen MR) is 125 cm³/mol. The molecule has 0 radical (unpaired) electrons. The standard InChI is InChI=1S/C26H29N3O2/c1-29(20-21-9-4-2-5-10-21)18-8-17-27-25(30)19-28-26(31)24-15-13-23(14-16-24)22-11-6-3-7-12-22/h2-7,9-16H,8,17-20H2,1H3,(H,27,30)(H,28,31). The monoisotopic (exact) mass is 415 g/mol. The molecule has 0 atom stereocenters. The highest BCUT2D eigenvalue weighted by Crippen LogP contribution is 2.19. The molecule has 0 bridgehead atoms. The van der Waals surface area contributed by atoms with Crippen LogP contribution in [0.25, 0.3) is 11.1 Å². The third kappa shape index (κ3) is 7.39. The van der Waals surface area contributed by atoms with Crippen molar-refractivity contribution in [1.82, 2.24) is 15.5 Å². The third-order valence-corrected chi connectivity index (χ3v) is 5.00. The van der Waals surface area contributed by atoms with Crippen molar-refractivity contribution < 1.29 is 9.59 Å². The molecule has 3 rings (SSSR count). The minimum Gasteiger partial charge on any atom is -0.355 e. The lowest BCUT2D eigenvalue weighted by Gasteiger charge is -2.16. The molecule has 0 heterocycles. The maximum atomic E-state index is 12.3. The molecule has 0 unspecified atom stereocenters. The lowest BCUT2D eigenvalue weighted by atomic mass is 10.0. The molecule has 160 valence electrons. The minimum atomic E-state index is -0.252. The van der Waals surface area contributed by atoms with Crippen LogP contribution in [0.2, 0.25) is 0 Å². The third-order valence-electron chi connectivity index (χ3n) is 5.00. The lowest BCUT2D eigenvalue weighted by Crippen LogP contribution is -2.37. The SMILES string of the molecule is CN(CCCNC(=O)CNC(=O)c1ccc(-c2ccccc2)cc1)Cc1ccccc1. The van der Waals surface area contributed by atoms with E-state index in [1.165, 1.54) is 5.56 Å². The summed E-state index contributed by atoms with van der Waals surface area (Å²) in [5.74, 6) is -0.433. The average molecular weight is 416 g/mol. The van der Waals surface area contributed by atoms with Crippen LogP contribution >= 0.6 is 0 Å². The predicted octanol–water partition coefficient (Wildman–Crippen LogP) is 3.72. The summed E-state index contributed by atoms with van der Waals surface area (Å²) in [6, 6.07) is 27.7. The van der Waals surface area contributed by atoms with Gasteiger partial charge in [0.2, 0.25) is 5.91 Å². The number of rotatable bonds is 10. The molecule has 0 aliphatic rings. The van der Waals surface area contributed by atoms with Crippen LogP contribution in [0.4, 0.5) is 0 Å². The van der Waals surface area contributed by atoms with E-state index in [1.54, 1.807) is 12.1 Å². The number of hydrogen-bond acceptors (Lipinski definition) is 3. The molecule has 0 aliphatic carbocycles. The van der Waals surface area contributed by atoms with E-state index >= 15 is 0 Å². The van der Waals surface area contributed by atoms with Crippen molar-refractivity contribution in [3.63, 3.8) is 0 Å². The van der Waals surface area contributed by atoms with E-state index in [4.69, 9.17) is 0 Å². The van der Waals surface area contributed by atoms with Gasteiger partial charge in [-0.3, -0.25) is 9.59 Å². The molecule has 0 spiro atoms. The Balaban J connectivity index is 1.33. The van der Waals surface area contributed by atoms with Gasteiger partial charge >= 0.3 is 0 Å². The Bertz CT molecular complexity index is 957. The second-order valence-electron chi connectivity index (χ2n) is 7.55. The van der Waals surface area contributed by atoms with E-state index in [2.05, 4.69) is 34.7 Å². The molecule has 0 saturated carbocycles. The number of benzene rings is 3. The van der Waals surface area contributed by atoms with Crippen LogP contribution in [0, 0.1) is 0 Å². The van der Waals surface area contributed by atoms with E-state index in [9.17, 15) is 9.59 Å². The summed E-state index contributed by atoms with van der Waals surface area (Å²) in [7, 11) is 2.07. The molecule has 5 heteroatoms. The van der Waals surface area contributed by atoms with E-state index in [-0.39, 0.29) is 18.4 Å². The molecule has 2 N–H and O–H groups in total. The van der Waals surface area contributed by atoms with Crippen molar-refractivity contribution in [3.05, 3.63) is 96.1 Å². The number of nitrogens with one attached hydrogen (secondary N) is 2. The number of hydrogen-bond donors (Lipinski definition) is 2. The minimum absolute atomic E-state index is 0.0286. The Morgan fingerprint density at radius 3 is 2.06 bits per heavy atom. The highest BCUT2D eigenvalue weighted by atomic mass is 16.2. The fourth-order valence-electron chi connectivity index (χ4n) is 3.32. The molecule has 3 aromatic carbocycles. The quantitative estimate of drug-likeness (QED) is 0.496. The second-order valence-corrected chi connectivity index (χ2v) is 7.55. The maximum Gasteiger partial charge on any atom is 0.251 e. The van der Waals surface area contributed by atoms with Crippen molar-refractivity contribution >= 4 is 11.8 Å². The molecule has 5 nitrogen and oxygen atoms in total. The number of carbonyl (C=O) groups excluding carboxylic acids is 2. The van der Waals surface area contributed by atoms with Gasteiger partial charge in [-0.25, -0.2) is 0 Å². The van der Waals surface area contributed by atoms with Crippen molar-refractivity contribution in [2.75, 3.05) is 26.7 Å². The summed E-state index contributed by atoms with van der Waals surface area (Å²) in [4.78, 5) is 26.5. The highest BCUT2D eigenvalue weighted by molar-refractivity contribution is 5.96. The van der Waals surface area contributed by atoms with Gasteiger partial charge in [-0.15, -0.1) is 0 Å². The molecule has 3 aromatic rings. The Hall–Kier alpha value is -3.44. The fourth-order valence-corrected chi connectivity index (χ4v) is 3.32. The molecular weight excluding hydrogens is 386 g/mol. The van der Waals surface area contributed by atoms with Gasteiger partial charge in [0.25, 0.3) is 5.91 Å². The average Bonchev–Trinajstić information content (AvgIpc) is 2.81. The van der Waals surface area contributed by atoms with Crippen molar-refractivity contribution in [2.24, 2.45) is 0 Å². The normalized spacial score (nSPS) is 10.6. The maximum absolute atomic E-state index is 12.3. The first-order valence-electron chi connectivity index (χ1n) is 10.5. The lowest BCUT2D eigenvalue weighted by molar-refractivity contribution is -0.120. The molecule has 0 saturated heterocycles. The smallest absolute Gasteiger partial charge is 0.251 e. The molecule has 0 fully saturated rings. The molecular formula is C26H29N3O2. The zero-order chi connectivity index (χ0) is 21.9. The van der Waals surface area contributed by atoms with Crippen LogP contribution in [0.15, 0.2) is 84.9 Å². The Morgan fingerprint density at radius 2 is 1.39 bits per heavy atom. The molecule has 0 aromatic heterocycles. The van der Waals surface area contributed by atoms with Gasteiger partial charge in [0, 0.05) is 18.7 Å². The van der Waals surface area contributed by atoms with Crippen LogP contribution in [0.5, 0.6) is 0 Å². The van der Waals surface area contributed by atoms with Crippen molar-refractivity contribution in [1.29, 1.82) is 0 Å². The Kier molecular flexibility index (Phi) is 8.38. The van der Waals surface area contributed by atoms with Crippen LogP contribution in [-0.2, 0) is 11.3 Å². The zero-order valence-corrected chi connectivity index (χ0v) is 17.9. The largest absolute Gasteiger partial charge is 0.355 e. The molecule has 2 amide bonds. The number of carbonyl (C=O) groups is 2. The van der Waals surface area contributed by atoms with Crippen molar-refractivity contribution in [3.8, 4) is 11.1 Å². The summed E-state index contributed by atoms with van der Waals surface area (Å²) >= 11 is 0. The zero-order valence-electron chi connectivity index (χ0n) is 17.9. The van der Waals surface area contributed by atoms with Gasteiger partial charge in [0.1, 0.15) is 0 Å². The van der Waals surface area contributed by atoms with Crippen LogP contribution in [0.1, 0.15) is 22.3 Å². The van der Waals surface area contributed by atoms with E-state index < -0.39 is 0 Å². The van der Waals surface area contributed by atoms with Gasteiger partial charge in [-0.1, -0.05) is 72.8 Å². The topological polar surface area (TPSA) is 61.4 Å². The Morgan fingerprint density at radius 1 is 0.774 bits per heavy atom. The first kappa shape index (κ1) is 22.2. The molecule has 0 aliphatic heterocycles. The number of nitrogens with zero attached hydrogens (tertiary/aromatic N) is 1. The second kappa shape index (κ2) is 11.7. The van der Waals surface area contributed by atoms with Gasteiger partial charge in [0.15, 0.2) is 0 Å². The van der Waals surface area contributed by atoms with Crippen molar-refractivity contribution in [2.45, 2.75) is 13.0 Å². The van der Waals surface area contributed by atoms with Gasteiger partial charge in [-0.05, 0) is 48.8 Å². The van der Waals surface area contributed by atoms with Gasteiger partial charge in [0.05, 0.1) is 6.54 Å². The first-order valence-corrected chi connectivity index (χ1v) is 10.5. The number of amides is 2. The van der Waals surface area contributed by atoms with E-state index in [0.29, 0.717) is 12.1 Å². The van der Waals surface area contributed by atoms with Crippen LogP contribution < -0.4 is 10.6 Å². The van der Waals surface area contributed by atoms with E-state index in [0.717, 1.165) is 30.6 Å². The first-order chi connectivity index (χ1) is 15.1. The highest BCUT2D eigenvalue weighted by Gasteiger charge is 2.08. The van der Waals surface area contributed by atoms with Crippen LogP contribution in [0.3, 0.4) is 0 Å². The summed E-state index contributed by atoms with van der Waals surface area (Å²) < 4.78 is 0.